The molecule has 0 saturated carbocycles. The van der Waals surface area contributed by atoms with Gasteiger partial charge in [0.25, 0.3) is 0 Å². The van der Waals surface area contributed by atoms with Crippen molar-refractivity contribution in [2.45, 2.75) is 17.1 Å². The number of benzene rings is 2. The van der Waals surface area contributed by atoms with Gasteiger partial charge in [-0.1, -0.05) is 11.6 Å². The summed E-state index contributed by atoms with van der Waals surface area (Å²) in [6.07, 6.45) is 0. The van der Waals surface area contributed by atoms with Crippen LogP contribution in [-0.2, 0) is 4.79 Å². The number of carbonyl (C=O) groups is 1. The predicted molar refractivity (Wildman–Crippen MR) is 98.3 cm³/mol. The highest BCUT2D eigenvalue weighted by Gasteiger charge is 2.13. The molecule has 0 aliphatic heterocycles. The average molecular weight is 366 g/mol. The highest BCUT2D eigenvalue weighted by atomic mass is 35.5. The topological polar surface area (TPSA) is 47.6 Å². The van der Waals surface area contributed by atoms with Crippen molar-refractivity contribution in [1.82, 2.24) is 5.32 Å². The molecule has 4 nitrogen and oxygen atoms in total. The smallest absolute Gasteiger partial charge is 0.233 e. The number of hydrogen-bond donors (Lipinski definition) is 1. The molecule has 0 fully saturated rings. The molecular formula is C18H20ClNO3S. The molecule has 0 bridgehead atoms. The van der Waals surface area contributed by atoms with Gasteiger partial charge in [-0.05, 0) is 55.5 Å². The molecule has 0 radical (unpaired) electrons. The lowest BCUT2D eigenvalue weighted by Gasteiger charge is -2.13. The monoisotopic (exact) mass is 365 g/mol. The van der Waals surface area contributed by atoms with Crippen LogP contribution in [0, 0.1) is 0 Å². The van der Waals surface area contributed by atoms with Gasteiger partial charge in [-0.25, -0.2) is 0 Å². The maximum Gasteiger partial charge on any atom is 0.233 e. The van der Waals surface area contributed by atoms with E-state index in [1.165, 1.54) is 11.8 Å². The van der Waals surface area contributed by atoms with Gasteiger partial charge in [-0.15, -0.1) is 11.8 Å². The number of rotatable bonds is 8. The van der Waals surface area contributed by atoms with Gasteiger partial charge in [0.2, 0.25) is 5.91 Å². The summed E-state index contributed by atoms with van der Waals surface area (Å²) in [6, 6.07) is 14.8. The Morgan fingerprint density at radius 2 is 1.75 bits per heavy atom. The number of carbonyl (C=O) groups excluding carboxylic acids is 1. The molecule has 2 aromatic carbocycles. The van der Waals surface area contributed by atoms with Crippen molar-refractivity contribution in [3.05, 3.63) is 53.6 Å². The van der Waals surface area contributed by atoms with E-state index in [9.17, 15) is 4.79 Å². The summed E-state index contributed by atoms with van der Waals surface area (Å²) in [7, 11) is 1.63. The van der Waals surface area contributed by atoms with E-state index in [2.05, 4.69) is 5.32 Å². The van der Waals surface area contributed by atoms with Gasteiger partial charge in [0.05, 0.1) is 18.9 Å². The number of methoxy groups -OCH3 is 1. The maximum atomic E-state index is 12.1. The normalized spacial score (nSPS) is 11.6. The van der Waals surface area contributed by atoms with Crippen LogP contribution in [0.2, 0.25) is 5.02 Å². The van der Waals surface area contributed by atoms with Crippen molar-refractivity contribution in [1.29, 1.82) is 0 Å². The Morgan fingerprint density at radius 1 is 1.12 bits per heavy atom. The third kappa shape index (κ3) is 5.98. The van der Waals surface area contributed by atoms with E-state index in [-0.39, 0.29) is 11.2 Å². The molecular weight excluding hydrogens is 346 g/mol. The van der Waals surface area contributed by atoms with E-state index >= 15 is 0 Å². The second kappa shape index (κ2) is 9.45. The number of nitrogens with one attached hydrogen (secondary N) is 1. The van der Waals surface area contributed by atoms with Gasteiger partial charge in [0, 0.05) is 9.92 Å². The summed E-state index contributed by atoms with van der Waals surface area (Å²) in [5, 5.41) is 3.35. The highest BCUT2D eigenvalue weighted by Crippen LogP contribution is 2.25. The molecule has 1 amide bonds. The Hall–Kier alpha value is -1.85. The molecule has 128 valence electrons. The van der Waals surface area contributed by atoms with Crippen LogP contribution in [0.1, 0.15) is 6.92 Å². The van der Waals surface area contributed by atoms with E-state index in [0.717, 1.165) is 16.4 Å². The third-order valence-electron chi connectivity index (χ3n) is 3.23. The van der Waals surface area contributed by atoms with E-state index in [1.54, 1.807) is 31.4 Å². The summed E-state index contributed by atoms with van der Waals surface area (Å²) in [4.78, 5) is 13.1. The molecule has 2 rings (SSSR count). The Bertz CT molecular complexity index is 646. The first kappa shape index (κ1) is 18.5. The summed E-state index contributed by atoms with van der Waals surface area (Å²) >= 11 is 7.31. The third-order valence-corrected chi connectivity index (χ3v) is 4.59. The Balaban J connectivity index is 1.70. The minimum Gasteiger partial charge on any atom is -0.497 e. The largest absolute Gasteiger partial charge is 0.497 e. The zero-order valence-corrected chi connectivity index (χ0v) is 15.2. The minimum atomic E-state index is -0.186. The second-order valence-corrected chi connectivity index (χ2v) is 6.88. The number of amides is 1. The van der Waals surface area contributed by atoms with E-state index in [0.29, 0.717) is 18.2 Å². The summed E-state index contributed by atoms with van der Waals surface area (Å²) in [6.45, 7) is 2.74. The quantitative estimate of drug-likeness (QED) is 0.567. The Labute approximate surface area is 151 Å². The summed E-state index contributed by atoms with van der Waals surface area (Å²) < 4.78 is 10.7. The number of halogens is 1. The van der Waals surface area contributed by atoms with Crippen molar-refractivity contribution in [3.8, 4) is 11.5 Å². The van der Waals surface area contributed by atoms with Crippen molar-refractivity contribution >= 4 is 29.3 Å². The first-order chi connectivity index (χ1) is 11.6. The van der Waals surface area contributed by atoms with Crippen LogP contribution in [-0.4, -0.2) is 31.4 Å². The number of ether oxygens (including phenoxy) is 2. The van der Waals surface area contributed by atoms with Crippen molar-refractivity contribution in [2.75, 3.05) is 20.3 Å². The molecule has 1 unspecified atom stereocenters. The molecule has 1 N–H and O–H groups in total. The van der Waals surface area contributed by atoms with E-state index < -0.39 is 0 Å². The van der Waals surface area contributed by atoms with Crippen molar-refractivity contribution in [2.24, 2.45) is 0 Å². The van der Waals surface area contributed by atoms with Gasteiger partial charge in [-0.2, -0.15) is 0 Å². The molecule has 1 atom stereocenters. The van der Waals surface area contributed by atoms with Crippen LogP contribution in [0.25, 0.3) is 0 Å². The zero-order chi connectivity index (χ0) is 17.4. The lowest BCUT2D eigenvalue weighted by Crippen LogP contribution is -2.33. The van der Waals surface area contributed by atoms with Gasteiger partial charge >= 0.3 is 0 Å². The fourth-order valence-electron chi connectivity index (χ4n) is 1.93. The average Bonchev–Trinajstić information content (AvgIpc) is 2.60. The molecule has 0 aliphatic rings. The maximum absolute atomic E-state index is 12.1. The Kier molecular flexibility index (Phi) is 7.28. The first-order valence-electron chi connectivity index (χ1n) is 7.55. The van der Waals surface area contributed by atoms with E-state index in [4.69, 9.17) is 21.1 Å². The summed E-state index contributed by atoms with van der Waals surface area (Å²) in [5.74, 6) is 1.51. The van der Waals surface area contributed by atoms with Crippen LogP contribution < -0.4 is 14.8 Å². The Morgan fingerprint density at radius 3 is 2.38 bits per heavy atom. The molecule has 24 heavy (non-hydrogen) atoms. The van der Waals surface area contributed by atoms with Crippen LogP contribution >= 0.6 is 23.4 Å². The molecule has 0 spiro atoms. The van der Waals surface area contributed by atoms with E-state index in [1.807, 2.05) is 31.2 Å². The van der Waals surface area contributed by atoms with Crippen LogP contribution in [0.5, 0.6) is 11.5 Å². The van der Waals surface area contributed by atoms with Crippen LogP contribution in [0.3, 0.4) is 0 Å². The minimum absolute atomic E-state index is 0.0180. The lowest BCUT2D eigenvalue weighted by atomic mass is 10.3. The fraction of sp³-hybridized carbons (Fsp3) is 0.278. The van der Waals surface area contributed by atoms with Crippen LogP contribution in [0.15, 0.2) is 53.4 Å². The number of thioether (sulfide) groups is 1. The van der Waals surface area contributed by atoms with Crippen molar-refractivity contribution < 1.29 is 14.3 Å². The molecule has 0 heterocycles. The SMILES string of the molecule is COc1ccc(SC(C)C(=O)NCCOc2ccc(Cl)cc2)cc1. The number of hydrogen-bond acceptors (Lipinski definition) is 4. The van der Waals surface area contributed by atoms with Gasteiger partial charge < -0.3 is 14.8 Å². The highest BCUT2D eigenvalue weighted by molar-refractivity contribution is 8.00. The molecule has 0 aliphatic carbocycles. The first-order valence-corrected chi connectivity index (χ1v) is 8.81. The fourth-order valence-corrected chi connectivity index (χ4v) is 2.95. The summed E-state index contributed by atoms with van der Waals surface area (Å²) in [5.41, 5.74) is 0. The van der Waals surface area contributed by atoms with Gasteiger partial charge in [0.15, 0.2) is 0 Å². The molecule has 0 saturated heterocycles. The van der Waals surface area contributed by atoms with Gasteiger partial charge in [0.1, 0.15) is 18.1 Å². The predicted octanol–water partition coefficient (Wildman–Crippen LogP) is 4.02. The molecule has 0 aromatic heterocycles. The van der Waals surface area contributed by atoms with Crippen LogP contribution in [0.4, 0.5) is 0 Å². The zero-order valence-electron chi connectivity index (χ0n) is 13.6. The van der Waals surface area contributed by atoms with Gasteiger partial charge in [-0.3, -0.25) is 4.79 Å². The molecule has 2 aromatic rings. The standard InChI is InChI=1S/C18H20ClNO3S/c1-13(24-17-9-7-15(22-2)8-10-17)18(21)20-11-12-23-16-5-3-14(19)4-6-16/h3-10,13H,11-12H2,1-2H3,(H,20,21). The lowest BCUT2D eigenvalue weighted by molar-refractivity contribution is -0.120. The second-order valence-electron chi connectivity index (χ2n) is 5.03. The molecule has 6 heteroatoms. The van der Waals surface area contributed by atoms with Crippen molar-refractivity contribution in [3.63, 3.8) is 0 Å².